The molecule has 1 aromatic heterocycles. The lowest BCUT2D eigenvalue weighted by atomic mass is 10.3. The Morgan fingerprint density at radius 1 is 1.41 bits per heavy atom. The highest BCUT2D eigenvalue weighted by Gasteiger charge is 2.02. The van der Waals surface area contributed by atoms with E-state index in [2.05, 4.69) is 9.97 Å². The smallest absolute Gasteiger partial charge is 0.254 e. The molecule has 0 aliphatic carbocycles. The topological polar surface area (TPSA) is 81.0 Å². The van der Waals surface area contributed by atoms with Crippen LogP contribution in [0.4, 0.5) is 5.69 Å². The summed E-state index contributed by atoms with van der Waals surface area (Å²) >= 11 is 0. The van der Waals surface area contributed by atoms with E-state index in [1.165, 1.54) is 6.07 Å². The van der Waals surface area contributed by atoms with E-state index in [-0.39, 0.29) is 11.4 Å². The van der Waals surface area contributed by atoms with Crippen LogP contribution in [-0.4, -0.2) is 9.97 Å². The Labute approximate surface area is 98.3 Å². The van der Waals surface area contributed by atoms with Crippen LogP contribution in [0.25, 0.3) is 0 Å². The maximum absolute atomic E-state index is 11.3. The molecule has 0 radical (unpaired) electrons. The Balaban J connectivity index is 2.29. The Hall–Kier alpha value is -2.30. The Bertz CT molecular complexity index is 578. The van der Waals surface area contributed by atoms with Crippen LogP contribution in [0.3, 0.4) is 0 Å². The van der Waals surface area contributed by atoms with Crippen LogP contribution < -0.4 is 16.0 Å². The standard InChI is InChI=1S/C12H13N3O2/c1-2-10-14-11(16)7-12(15-10)17-9-5-3-4-8(13)6-9/h3-7H,2,13H2,1H3,(H,14,15,16). The zero-order valence-corrected chi connectivity index (χ0v) is 9.43. The summed E-state index contributed by atoms with van der Waals surface area (Å²) in [6, 6.07) is 8.27. The van der Waals surface area contributed by atoms with Gasteiger partial charge in [-0.05, 0) is 12.1 Å². The van der Waals surface area contributed by atoms with Crippen LogP contribution in [0, 0.1) is 0 Å². The molecule has 0 atom stereocenters. The van der Waals surface area contributed by atoms with Gasteiger partial charge >= 0.3 is 0 Å². The molecule has 0 fully saturated rings. The number of aromatic amines is 1. The first-order valence-corrected chi connectivity index (χ1v) is 5.31. The molecular weight excluding hydrogens is 218 g/mol. The molecule has 88 valence electrons. The number of hydrogen-bond acceptors (Lipinski definition) is 4. The minimum absolute atomic E-state index is 0.226. The first-order chi connectivity index (χ1) is 8.17. The number of H-pyrrole nitrogens is 1. The summed E-state index contributed by atoms with van der Waals surface area (Å²) in [5.41, 5.74) is 6.00. The predicted molar refractivity (Wildman–Crippen MR) is 65.2 cm³/mol. The number of nitrogens with two attached hydrogens (primary N) is 1. The molecule has 0 bridgehead atoms. The van der Waals surface area contributed by atoms with E-state index in [4.69, 9.17) is 10.5 Å². The molecular formula is C12H13N3O2. The lowest BCUT2D eigenvalue weighted by Gasteiger charge is -2.05. The highest BCUT2D eigenvalue weighted by Crippen LogP contribution is 2.20. The van der Waals surface area contributed by atoms with Crippen LogP contribution >= 0.6 is 0 Å². The van der Waals surface area contributed by atoms with Gasteiger partial charge in [-0.25, -0.2) is 0 Å². The van der Waals surface area contributed by atoms with Crippen molar-refractivity contribution in [3.63, 3.8) is 0 Å². The van der Waals surface area contributed by atoms with Gasteiger partial charge in [0.25, 0.3) is 5.56 Å². The summed E-state index contributed by atoms with van der Waals surface area (Å²) in [5, 5.41) is 0. The number of nitrogens with one attached hydrogen (secondary N) is 1. The van der Waals surface area contributed by atoms with Crippen LogP contribution in [0.15, 0.2) is 35.1 Å². The third-order valence-electron chi connectivity index (χ3n) is 2.18. The van der Waals surface area contributed by atoms with Crippen molar-refractivity contribution in [3.8, 4) is 11.6 Å². The van der Waals surface area contributed by atoms with Crippen molar-refractivity contribution in [1.82, 2.24) is 9.97 Å². The monoisotopic (exact) mass is 231 g/mol. The maximum atomic E-state index is 11.3. The quantitative estimate of drug-likeness (QED) is 0.788. The fourth-order valence-corrected chi connectivity index (χ4v) is 1.40. The number of nitrogens with zero attached hydrogens (tertiary/aromatic N) is 1. The molecule has 2 aromatic rings. The molecule has 1 aromatic carbocycles. The third-order valence-corrected chi connectivity index (χ3v) is 2.18. The van der Waals surface area contributed by atoms with E-state index in [1.54, 1.807) is 24.3 Å². The summed E-state index contributed by atoms with van der Waals surface area (Å²) in [7, 11) is 0. The van der Waals surface area contributed by atoms with Crippen LogP contribution in [0.5, 0.6) is 11.6 Å². The van der Waals surface area contributed by atoms with Gasteiger partial charge in [0, 0.05) is 18.2 Å². The summed E-state index contributed by atoms with van der Waals surface area (Å²) in [6.07, 6.45) is 0.642. The fourth-order valence-electron chi connectivity index (χ4n) is 1.40. The molecule has 1 heterocycles. The molecule has 0 aliphatic rings. The predicted octanol–water partition coefficient (Wildman–Crippen LogP) is 1.71. The molecule has 3 N–H and O–H groups in total. The van der Waals surface area contributed by atoms with E-state index in [1.807, 2.05) is 6.92 Å². The minimum atomic E-state index is -0.226. The van der Waals surface area contributed by atoms with E-state index in [9.17, 15) is 4.79 Å². The molecule has 5 nitrogen and oxygen atoms in total. The summed E-state index contributed by atoms with van der Waals surface area (Å²) in [4.78, 5) is 18.1. The number of aryl methyl sites for hydroxylation is 1. The zero-order chi connectivity index (χ0) is 12.3. The maximum Gasteiger partial charge on any atom is 0.254 e. The first kappa shape index (κ1) is 11.2. The van der Waals surface area contributed by atoms with Crippen molar-refractivity contribution in [1.29, 1.82) is 0 Å². The molecule has 5 heteroatoms. The van der Waals surface area contributed by atoms with Gasteiger partial charge in [0.1, 0.15) is 11.6 Å². The summed E-state index contributed by atoms with van der Waals surface area (Å²) in [5.74, 6) is 1.43. The van der Waals surface area contributed by atoms with Crippen molar-refractivity contribution < 1.29 is 4.74 Å². The Morgan fingerprint density at radius 2 is 2.24 bits per heavy atom. The number of nitrogen functional groups attached to an aromatic ring is 1. The molecule has 0 saturated carbocycles. The number of ether oxygens (including phenoxy) is 1. The van der Waals surface area contributed by atoms with Crippen molar-refractivity contribution >= 4 is 5.69 Å². The van der Waals surface area contributed by atoms with E-state index in [0.29, 0.717) is 23.7 Å². The zero-order valence-electron chi connectivity index (χ0n) is 9.43. The SMILES string of the molecule is CCc1nc(Oc2cccc(N)c2)cc(=O)[nH]1. The lowest BCUT2D eigenvalue weighted by Crippen LogP contribution is -2.10. The van der Waals surface area contributed by atoms with Crippen molar-refractivity contribution in [2.75, 3.05) is 5.73 Å². The second-order valence-electron chi connectivity index (χ2n) is 3.56. The molecule has 2 rings (SSSR count). The van der Waals surface area contributed by atoms with Gasteiger partial charge in [-0.3, -0.25) is 4.79 Å². The summed E-state index contributed by atoms with van der Waals surface area (Å²) < 4.78 is 5.47. The average Bonchev–Trinajstić information content (AvgIpc) is 2.28. The van der Waals surface area contributed by atoms with Gasteiger partial charge < -0.3 is 15.5 Å². The van der Waals surface area contributed by atoms with Crippen LogP contribution in [0.2, 0.25) is 0 Å². The lowest BCUT2D eigenvalue weighted by molar-refractivity contribution is 0.458. The second kappa shape index (κ2) is 4.69. The molecule has 0 saturated heterocycles. The van der Waals surface area contributed by atoms with Gasteiger partial charge in [-0.1, -0.05) is 13.0 Å². The second-order valence-corrected chi connectivity index (χ2v) is 3.56. The number of rotatable bonds is 3. The summed E-state index contributed by atoms with van der Waals surface area (Å²) in [6.45, 7) is 1.91. The van der Waals surface area contributed by atoms with E-state index in [0.717, 1.165) is 0 Å². The van der Waals surface area contributed by atoms with Crippen LogP contribution in [-0.2, 0) is 6.42 Å². The van der Waals surface area contributed by atoms with Gasteiger partial charge in [-0.2, -0.15) is 4.98 Å². The molecule has 0 unspecified atom stereocenters. The minimum Gasteiger partial charge on any atom is -0.439 e. The molecule has 0 spiro atoms. The fraction of sp³-hybridized carbons (Fsp3) is 0.167. The van der Waals surface area contributed by atoms with Crippen molar-refractivity contribution in [3.05, 3.63) is 46.5 Å². The number of benzene rings is 1. The Morgan fingerprint density at radius 3 is 2.94 bits per heavy atom. The largest absolute Gasteiger partial charge is 0.439 e. The van der Waals surface area contributed by atoms with Gasteiger partial charge in [0.2, 0.25) is 5.88 Å². The number of aromatic nitrogens is 2. The Kier molecular flexibility index (Phi) is 3.09. The van der Waals surface area contributed by atoms with Crippen molar-refractivity contribution in [2.24, 2.45) is 0 Å². The normalized spacial score (nSPS) is 10.2. The van der Waals surface area contributed by atoms with Crippen LogP contribution in [0.1, 0.15) is 12.7 Å². The number of anilines is 1. The van der Waals surface area contributed by atoms with Gasteiger partial charge in [0.05, 0.1) is 6.07 Å². The van der Waals surface area contributed by atoms with Crippen molar-refractivity contribution in [2.45, 2.75) is 13.3 Å². The number of hydrogen-bond donors (Lipinski definition) is 2. The third kappa shape index (κ3) is 2.84. The van der Waals surface area contributed by atoms with Gasteiger partial charge in [0.15, 0.2) is 0 Å². The molecule has 17 heavy (non-hydrogen) atoms. The van der Waals surface area contributed by atoms with E-state index >= 15 is 0 Å². The molecule has 0 amide bonds. The van der Waals surface area contributed by atoms with Gasteiger partial charge in [-0.15, -0.1) is 0 Å². The first-order valence-electron chi connectivity index (χ1n) is 5.31. The van der Waals surface area contributed by atoms with E-state index < -0.39 is 0 Å². The average molecular weight is 231 g/mol. The highest BCUT2D eigenvalue weighted by molar-refractivity contribution is 5.44. The molecule has 0 aliphatic heterocycles. The highest BCUT2D eigenvalue weighted by atomic mass is 16.5.